The SMILES string of the molecule is CCCc1ccc(C(=O)CCC(=O)NCC2(c3ccccc3)CC2)cc1. The highest BCUT2D eigenvalue weighted by atomic mass is 16.2. The fourth-order valence-corrected chi connectivity index (χ4v) is 3.38. The quantitative estimate of drug-likeness (QED) is 0.680. The van der Waals surface area contributed by atoms with Crippen molar-refractivity contribution in [2.75, 3.05) is 6.54 Å². The molecular formula is C23H27NO2. The molecule has 1 amide bonds. The molecule has 0 atom stereocenters. The van der Waals surface area contributed by atoms with Crippen LogP contribution in [0.2, 0.25) is 0 Å². The molecule has 2 aromatic rings. The topological polar surface area (TPSA) is 46.2 Å². The third kappa shape index (κ3) is 4.60. The molecule has 1 saturated carbocycles. The highest BCUT2D eigenvalue weighted by Gasteiger charge is 2.44. The minimum Gasteiger partial charge on any atom is -0.355 e. The van der Waals surface area contributed by atoms with Gasteiger partial charge in [0.05, 0.1) is 0 Å². The van der Waals surface area contributed by atoms with Crippen molar-refractivity contribution in [3.63, 3.8) is 0 Å². The Balaban J connectivity index is 1.45. The van der Waals surface area contributed by atoms with Crippen molar-refractivity contribution in [1.82, 2.24) is 5.32 Å². The third-order valence-electron chi connectivity index (χ3n) is 5.26. The normalized spacial score (nSPS) is 14.7. The molecule has 1 aliphatic carbocycles. The summed E-state index contributed by atoms with van der Waals surface area (Å²) in [6.07, 6.45) is 4.86. The molecule has 0 heterocycles. The van der Waals surface area contributed by atoms with E-state index in [0.29, 0.717) is 12.1 Å². The number of hydrogen-bond donors (Lipinski definition) is 1. The van der Waals surface area contributed by atoms with Crippen LogP contribution in [0.5, 0.6) is 0 Å². The average Bonchev–Trinajstić information content (AvgIpc) is 3.47. The average molecular weight is 349 g/mol. The van der Waals surface area contributed by atoms with Crippen LogP contribution in [0.25, 0.3) is 0 Å². The van der Waals surface area contributed by atoms with Crippen LogP contribution in [-0.2, 0) is 16.6 Å². The van der Waals surface area contributed by atoms with Crippen LogP contribution in [0.3, 0.4) is 0 Å². The van der Waals surface area contributed by atoms with Crippen molar-refractivity contribution >= 4 is 11.7 Å². The van der Waals surface area contributed by atoms with Gasteiger partial charge in [0.1, 0.15) is 0 Å². The molecule has 0 radical (unpaired) electrons. The molecule has 1 fully saturated rings. The Bertz CT molecular complexity index is 746. The summed E-state index contributed by atoms with van der Waals surface area (Å²) in [4.78, 5) is 24.4. The number of rotatable bonds is 9. The first-order valence-corrected chi connectivity index (χ1v) is 9.57. The molecule has 1 aliphatic rings. The largest absolute Gasteiger partial charge is 0.355 e. The Kier molecular flexibility index (Phi) is 5.87. The van der Waals surface area contributed by atoms with Gasteiger partial charge in [-0.25, -0.2) is 0 Å². The molecule has 0 unspecified atom stereocenters. The van der Waals surface area contributed by atoms with Crippen LogP contribution in [0.4, 0.5) is 0 Å². The van der Waals surface area contributed by atoms with Gasteiger partial charge in [0.2, 0.25) is 5.91 Å². The lowest BCUT2D eigenvalue weighted by Gasteiger charge is -2.16. The maximum Gasteiger partial charge on any atom is 0.220 e. The van der Waals surface area contributed by atoms with Crippen molar-refractivity contribution in [3.05, 3.63) is 71.3 Å². The maximum atomic E-state index is 12.3. The van der Waals surface area contributed by atoms with Gasteiger partial charge in [0.25, 0.3) is 0 Å². The van der Waals surface area contributed by atoms with Gasteiger partial charge in [0, 0.05) is 30.4 Å². The Morgan fingerprint density at radius 1 is 0.962 bits per heavy atom. The van der Waals surface area contributed by atoms with Crippen molar-refractivity contribution in [1.29, 1.82) is 0 Å². The minimum atomic E-state index is -0.0387. The molecule has 1 N–H and O–H groups in total. The van der Waals surface area contributed by atoms with E-state index in [1.807, 2.05) is 42.5 Å². The second-order valence-corrected chi connectivity index (χ2v) is 7.29. The summed E-state index contributed by atoms with van der Waals surface area (Å²) in [5.41, 5.74) is 3.34. The van der Waals surface area contributed by atoms with Crippen LogP contribution < -0.4 is 5.32 Å². The van der Waals surface area contributed by atoms with Crippen molar-refractivity contribution in [3.8, 4) is 0 Å². The molecule has 3 nitrogen and oxygen atoms in total. The van der Waals surface area contributed by atoms with E-state index in [2.05, 4.69) is 24.4 Å². The zero-order chi connectivity index (χ0) is 18.4. The van der Waals surface area contributed by atoms with E-state index in [1.165, 1.54) is 11.1 Å². The summed E-state index contributed by atoms with van der Waals surface area (Å²) in [7, 11) is 0. The Morgan fingerprint density at radius 2 is 1.65 bits per heavy atom. The number of carbonyl (C=O) groups excluding carboxylic acids is 2. The van der Waals surface area contributed by atoms with Gasteiger partial charge in [-0.2, -0.15) is 0 Å². The Hall–Kier alpha value is -2.42. The number of ketones is 1. The van der Waals surface area contributed by atoms with E-state index < -0.39 is 0 Å². The molecular weight excluding hydrogens is 322 g/mol. The summed E-state index contributed by atoms with van der Waals surface area (Å²) in [5, 5.41) is 3.03. The van der Waals surface area contributed by atoms with Gasteiger partial charge < -0.3 is 5.32 Å². The van der Waals surface area contributed by atoms with Gasteiger partial charge >= 0.3 is 0 Å². The summed E-state index contributed by atoms with van der Waals surface area (Å²) < 4.78 is 0. The Labute approximate surface area is 155 Å². The van der Waals surface area contributed by atoms with Crippen LogP contribution in [0, 0.1) is 0 Å². The molecule has 0 aliphatic heterocycles. The number of hydrogen-bond acceptors (Lipinski definition) is 2. The van der Waals surface area contributed by atoms with Crippen LogP contribution in [0.15, 0.2) is 54.6 Å². The number of amides is 1. The van der Waals surface area contributed by atoms with Crippen LogP contribution >= 0.6 is 0 Å². The number of nitrogens with one attached hydrogen (secondary N) is 1. The van der Waals surface area contributed by atoms with Crippen molar-refractivity contribution < 1.29 is 9.59 Å². The molecule has 3 rings (SSSR count). The minimum absolute atomic E-state index is 0.0346. The first-order chi connectivity index (χ1) is 12.6. The van der Waals surface area contributed by atoms with E-state index in [0.717, 1.165) is 25.7 Å². The standard InChI is InChI=1S/C23H27NO2/c1-2-6-18-9-11-19(12-10-18)21(25)13-14-22(26)24-17-23(15-16-23)20-7-4-3-5-8-20/h3-5,7-12H,2,6,13-17H2,1H3,(H,24,26). The number of benzene rings is 2. The molecule has 136 valence electrons. The van der Waals surface area contributed by atoms with Gasteiger partial charge in [-0.1, -0.05) is 67.9 Å². The van der Waals surface area contributed by atoms with Crippen LogP contribution in [0.1, 0.15) is 60.5 Å². The monoisotopic (exact) mass is 349 g/mol. The van der Waals surface area contributed by atoms with Crippen LogP contribution in [-0.4, -0.2) is 18.2 Å². The Morgan fingerprint density at radius 3 is 2.27 bits per heavy atom. The second-order valence-electron chi connectivity index (χ2n) is 7.29. The first kappa shape index (κ1) is 18.4. The summed E-state index contributed by atoms with van der Waals surface area (Å²) >= 11 is 0. The lowest BCUT2D eigenvalue weighted by Crippen LogP contribution is -2.32. The summed E-state index contributed by atoms with van der Waals surface area (Å²) in [6.45, 7) is 2.80. The van der Waals surface area contributed by atoms with Gasteiger partial charge in [-0.3, -0.25) is 9.59 Å². The molecule has 2 aromatic carbocycles. The fraction of sp³-hybridized carbons (Fsp3) is 0.391. The van der Waals surface area contributed by atoms with Gasteiger partial charge in [-0.15, -0.1) is 0 Å². The predicted molar refractivity (Wildman–Crippen MR) is 104 cm³/mol. The lowest BCUT2D eigenvalue weighted by molar-refractivity contribution is -0.121. The summed E-state index contributed by atoms with van der Waals surface area (Å²) in [5.74, 6) is -0.00412. The number of aryl methyl sites for hydroxylation is 1. The van der Waals surface area contributed by atoms with E-state index in [-0.39, 0.29) is 29.9 Å². The predicted octanol–water partition coefficient (Wildman–Crippen LogP) is 4.45. The van der Waals surface area contributed by atoms with Crippen molar-refractivity contribution in [2.45, 2.75) is 50.9 Å². The molecule has 0 bridgehead atoms. The van der Waals surface area contributed by atoms with E-state index in [4.69, 9.17) is 0 Å². The molecule has 26 heavy (non-hydrogen) atoms. The highest BCUT2D eigenvalue weighted by molar-refractivity contribution is 5.98. The zero-order valence-electron chi connectivity index (χ0n) is 15.5. The number of Topliss-reactive ketones (excluding diaryl/α,β-unsaturated/α-hetero) is 1. The smallest absolute Gasteiger partial charge is 0.220 e. The molecule has 0 aromatic heterocycles. The molecule has 3 heteroatoms. The van der Waals surface area contributed by atoms with Gasteiger partial charge in [-0.05, 0) is 30.4 Å². The van der Waals surface area contributed by atoms with E-state index in [9.17, 15) is 9.59 Å². The third-order valence-corrected chi connectivity index (χ3v) is 5.26. The second kappa shape index (κ2) is 8.31. The van der Waals surface area contributed by atoms with Gasteiger partial charge in [0.15, 0.2) is 5.78 Å². The zero-order valence-corrected chi connectivity index (χ0v) is 15.5. The first-order valence-electron chi connectivity index (χ1n) is 9.57. The summed E-state index contributed by atoms with van der Waals surface area (Å²) in [6, 6.07) is 18.1. The lowest BCUT2D eigenvalue weighted by atomic mass is 9.96. The molecule has 0 saturated heterocycles. The molecule has 0 spiro atoms. The number of carbonyl (C=O) groups is 2. The highest BCUT2D eigenvalue weighted by Crippen LogP contribution is 2.47. The van der Waals surface area contributed by atoms with E-state index >= 15 is 0 Å². The fourth-order valence-electron chi connectivity index (χ4n) is 3.38. The van der Waals surface area contributed by atoms with Crippen molar-refractivity contribution in [2.24, 2.45) is 0 Å². The van der Waals surface area contributed by atoms with E-state index in [1.54, 1.807) is 0 Å². The maximum absolute atomic E-state index is 12.3.